The van der Waals surface area contributed by atoms with E-state index in [9.17, 15) is 0 Å². The molecule has 1 aromatic heterocycles. The predicted molar refractivity (Wildman–Crippen MR) is 87.9 cm³/mol. The summed E-state index contributed by atoms with van der Waals surface area (Å²) >= 11 is 11.6. The summed E-state index contributed by atoms with van der Waals surface area (Å²) in [7, 11) is 0. The topological polar surface area (TPSA) is 0 Å². The van der Waals surface area contributed by atoms with Crippen LogP contribution in [0.15, 0.2) is 36.4 Å². The first-order valence-corrected chi connectivity index (χ1v) is 8.94. The highest BCUT2D eigenvalue weighted by Gasteiger charge is 2.35. The Morgan fingerprint density at radius 2 is 2.05 bits per heavy atom. The third-order valence-electron chi connectivity index (χ3n) is 4.09. The van der Waals surface area contributed by atoms with Crippen LogP contribution in [0, 0.1) is 0 Å². The highest BCUT2D eigenvalue weighted by Crippen LogP contribution is 2.42. The summed E-state index contributed by atoms with van der Waals surface area (Å²) in [6, 6.07) is 13.1. The molecule has 0 fully saturated rings. The van der Waals surface area contributed by atoms with Crippen molar-refractivity contribution < 1.29 is 0 Å². The van der Waals surface area contributed by atoms with Crippen LogP contribution in [0.25, 0.3) is 0 Å². The summed E-state index contributed by atoms with van der Waals surface area (Å²) in [6.07, 6.45) is 4.84. The maximum Gasteiger partial charge on any atom is 0.0931 e. The van der Waals surface area contributed by atoms with Crippen molar-refractivity contribution >= 4 is 38.9 Å². The second-order valence-electron chi connectivity index (χ2n) is 5.31. The molecule has 0 aliphatic heterocycles. The standard InChI is InChI=1S/C16H16BrClS/c17-11-16(10-13-7-8-15(18)19-13)9-3-5-12-4-1-2-6-14(12)16/h1-2,4,6-8H,3,5,9-11H2. The highest BCUT2D eigenvalue weighted by atomic mass is 79.9. The van der Waals surface area contributed by atoms with Gasteiger partial charge in [-0.1, -0.05) is 51.8 Å². The van der Waals surface area contributed by atoms with Gasteiger partial charge in [0, 0.05) is 15.6 Å². The Morgan fingerprint density at radius 3 is 2.79 bits per heavy atom. The van der Waals surface area contributed by atoms with E-state index in [4.69, 9.17) is 11.6 Å². The van der Waals surface area contributed by atoms with Gasteiger partial charge in [-0.25, -0.2) is 0 Å². The third-order valence-corrected chi connectivity index (χ3v) is 6.39. The van der Waals surface area contributed by atoms with Gasteiger partial charge in [-0.2, -0.15) is 0 Å². The molecule has 1 unspecified atom stereocenters. The monoisotopic (exact) mass is 354 g/mol. The molecular weight excluding hydrogens is 340 g/mol. The van der Waals surface area contributed by atoms with Gasteiger partial charge in [0.1, 0.15) is 0 Å². The normalized spacial score (nSPS) is 22.2. The van der Waals surface area contributed by atoms with Crippen LogP contribution in [0.4, 0.5) is 0 Å². The fourth-order valence-corrected chi connectivity index (χ4v) is 5.17. The number of benzene rings is 1. The molecule has 1 heterocycles. The lowest BCUT2D eigenvalue weighted by Crippen LogP contribution is -2.34. The number of aryl methyl sites for hydroxylation is 1. The molecule has 0 nitrogen and oxygen atoms in total. The first-order chi connectivity index (χ1) is 9.23. The van der Waals surface area contributed by atoms with E-state index in [1.165, 1.54) is 35.3 Å². The Hall–Kier alpha value is -0.310. The van der Waals surface area contributed by atoms with Crippen LogP contribution in [0.5, 0.6) is 0 Å². The molecule has 0 bridgehead atoms. The highest BCUT2D eigenvalue weighted by molar-refractivity contribution is 9.09. The summed E-state index contributed by atoms with van der Waals surface area (Å²) in [5.74, 6) is 0. The molecule has 1 aliphatic carbocycles. The molecule has 0 saturated heterocycles. The number of hydrogen-bond acceptors (Lipinski definition) is 1. The number of thiophene rings is 1. The van der Waals surface area contributed by atoms with Crippen LogP contribution in [-0.2, 0) is 18.3 Å². The van der Waals surface area contributed by atoms with Crippen molar-refractivity contribution in [3.05, 3.63) is 56.7 Å². The Kier molecular flexibility index (Phi) is 4.02. The van der Waals surface area contributed by atoms with Crippen LogP contribution < -0.4 is 0 Å². The first kappa shape index (κ1) is 13.7. The lowest BCUT2D eigenvalue weighted by atomic mass is 9.69. The van der Waals surface area contributed by atoms with E-state index in [0.29, 0.717) is 0 Å². The van der Waals surface area contributed by atoms with Crippen LogP contribution >= 0.6 is 38.9 Å². The minimum absolute atomic E-state index is 0.239. The van der Waals surface area contributed by atoms with Crippen molar-refractivity contribution in [1.82, 2.24) is 0 Å². The fraction of sp³-hybridized carbons (Fsp3) is 0.375. The largest absolute Gasteiger partial charge is 0.128 e. The maximum absolute atomic E-state index is 6.07. The molecular formula is C16H16BrClS. The molecule has 0 N–H and O–H groups in total. The molecule has 0 radical (unpaired) electrons. The fourth-order valence-electron chi connectivity index (χ4n) is 3.16. The molecule has 100 valence electrons. The van der Waals surface area contributed by atoms with Gasteiger partial charge < -0.3 is 0 Å². The SMILES string of the molecule is Clc1ccc(CC2(CBr)CCCc3ccccc32)s1. The quantitative estimate of drug-likeness (QED) is 0.627. The van der Waals surface area contributed by atoms with Gasteiger partial charge in [0.2, 0.25) is 0 Å². The molecule has 0 saturated carbocycles. The van der Waals surface area contributed by atoms with E-state index >= 15 is 0 Å². The Labute approximate surface area is 131 Å². The van der Waals surface area contributed by atoms with E-state index in [0.717, 1.165) is 16.1 Å². The van der Waals surface area contributed by atoms with Gasteiger partial charge in [-0.3, -0.25) is 0 Å². The van der Waals surface area contributed by atoms with Crippen molar-refractivity contribution in [1.29, 1.82) is 0 Å². The Morgan fingerprint density at radius 1 is 1.21 bits per heavy atom. The molecule has 3 heteroatoms. The molecule has 0 spiro atoms. The number of fused-ring (bicyclic) bond motifs is 1. The van der Waals surface area contributed by atoms with Gasteiger partial charge >= 0.3 is 0 Å². The van der Waals surface area contributed by atoms with Gasteiger partial charge in [0.05, 0.1) is 4.34 Å². The van der Waals surface area contributed by atoms with Crippen LogP contribution in [0.3, 0.4) is 0 Å². The number of rotatable bonds is 3. The second kappa shape index (κ2) is 5.59. The van der Waals surface area contributed by atoms with Crippen LogP contribution in [-0.4, -0.2) is 5.33 Å². The van der Waals surface area contributed by atoms with Crippen molar-refractivity contribution in [3.8, 4) is 0 Å². The number of halogens is 2. The van der Waals surface area contributed by atoms with Gasteiger partial charge in [-0.15, -0.1) is 11.3 Å². The number of hydrogen-bond donors (Lipinski definition) is 0. The van der Waals surface area contributed by atoms with Gasteiger partial charge in [0.15, 0.2) is 0 Å². The van der Waals surface area contributed by atoms with Crippen molar-refractivity contribution in [3.63, 3.8) is 0 Å². The Balaban J connectivity index is 2.00. The average molecular weight is 356 g/mol. The molecule has 1 atom stereocenters. The summed E-state index contributed by atoms with van der Waals surface area (Å²) in [6.45, 7) is 0. The van der Waals surface area contributed by atoms with Gasteiger partial charge in [0.25, 0.3) is 0 Å². The number of alkyl halides is 1. The predicted octanol–water partition coefficient (Wildman–Crippen LogP) is 5.61. The van der Waals surface area contributed by atoms with Crippen LogP contribution in [0.2, 0.25) is 4.34 Å². The second-order valence-corrected chi connectivity index (χ2v) is 7.67. The minimum Gasteiger partial charge on any atom is -0.128 e. The molecule has 2 aromatic rings. The van der Waals surface area contributed by atoms with Crippen molar-refractivity contribution in [2.75, 3.05) is 5.33 Å². The molecule has 19 heavy (non-hydrogen) atoms. The summed E-state index contributed by atoms with van der Waals surface area (Å²) in [5, 5.41) is 1.02. The van der Waals surface area contributed by atoms with E-state index in [1.807, 2.05) is 6.07 Å². The average Bonchev–Trinajstić information content (AvgIpc) is 2.84. The van der Waals surface area contributed by atoms with Gasteiger partial charge in [-0.05, 0) is 48.9 Å². The summed E-state index contributed by atoms with van der Waals surface area (Å²) < 4.78 is 0.892. The summed E-state index contributed by atoms with van der Waals surface area (Å²) in [4.78, 5) is 1.39. The zero-order valence-electron chi connectivity index (χ0n) is 10.7. The van der Waals surface area contributed by atoms with E-state index in [-0.39, 0.29) is 5.41 Å². The zero-order valence-corrected chi connectivity index (χ0v) is 13.8. The summed E-state index contributed by atoms with van der Waals surface area (Å²) in [5.41, 5.74) is 3.29. The maximum atomic E-state index is 6.07. The molecule has 0 amide bonds. The van der Waals surface area contributed by atoms with E-state index in [1.54, 1.807) is 11.3 Å². The van der Waals surface area contributed by atoms with E-state index in [2.05, 4.69) is 46.3 Å². The third kappa shape index (κ3) is 2.63. The van der Waals surface area contributed by atoms with Crippen molar-refractivity contribution in [2.45, 2.75) is 31.1 Å². The van der Waals surface area contributed by atoms with E-state index < -0.39 is 0 Å². The lowest BCUT2D eigenvalue weighted by molar-refractivity contribution is 0.404. The smallest absolute Gasteiger partial charge is 0.0931 e. The molecule has 1 aromatic carbocycles. The zero-order chi connectivity index (χ0) is 13.3. The Bertz CT molecular complexity index is 578. The molecule has 3 rings (SSSR count). The molecule has 1 aliphatic rings. The minimum atomic E-state index is 0.239. The van der Waals surface area contributed by atoms with Crippen molar-refractivity contribution in [2.24, 2.45) is 0 Å². The first-order valence-electron chi connectivity index (χ1n) is 6.62. The lowest BCUT2D eigenvalue weighted by Gasteiger charge is -2.38. The van der Waals surface area contributed by atoms with Crippen LogP contribution in [0.1, 0.15) is 28.8 Å².